The summed E-state index contributed by atoms with van der Waals surface area (Å²) in [5.74, 6) is 0. The summed E-state index contributed by atoms with van der Waals surface area (Å²) < 4.78 is 39.8. The number of benzene rings is 1. The highest BCUT2D eigenvalue weighted by atomic mass is 79.9. The van der Waals surface area contributed by atoms with E-state index in [0.717, 1.165) is 17.1 Å². The van der Waals surface area contributed by atoms with E-state index >= 15 is 0 Å². The predicted molar refractivity (Wildman–Crippen MR) is 68.6 cm³/mol. The van der Waals surface area contributed by atoms with Crippen molar-refractivity contribution < 1.29 is 13.2 Å². The summed E-state index contributed by atoms with van der Waals surface area (Å²) in [5, 5.41) is 8.46. The average Bonchev–Trinajstić information content (AvgIpc) is 2.77. The van der Waals surface area contributed by atoms with Crippen molar-refractivity contribution in [1.29, 1.82) is 0 Å². The Kier molecular flexibility index (Phi) is 3.93. The van der Waals surface area contributed by atoms with Crippen LogP contribution in [0.15, 0.2) is 24.4 Å². The fourth-order valence-electron chi connectivity index (χ4n) is 1.69. The molecule has 0 fully saturated rings. The Bertz CT molecular complexity index is 578. The molecule has 7 heteroatoms. The van der Waals surface area contributed by atoms with Gasteiger partial charge in [-0.2, -0.15) is 13.2 Å². The SMILES string of the molecule is Cc1ccc(-n2cc(CCBr)nn2)cc1C(F)(F)F. The summed E-state index contributed by atoms with van der Waals surface area (Å²) in [4.78, 5) is 0. The van der Waals surface area contributed by atoms with E-state index in [0.29, 0.717) is 12.1 Å². The molecule has 0 saturated heterocycles. The van der Waals surface area contributed by atoms with Gasteiger partial charge in [0.15, 0.2) is 0 Å². The van der Waals surface area contributed by atoms with Gasteiger partial charge in [-0.05, 0) is 24.6 Å². The molecule has 0 radical (unpaired) electrons. The first kappa shape index (κ1) is 14.0. The highest BCUT2D eigenvalue weighted by molar-refractivity contribution is 9.09. The summed E-state index contributed by atoms with van der Waals surface area (Å²) in [6.45, 7) is 1.43. The molecule has 0 aliphatic carbocycles. The number of hydrogen-bond donors (Lipinski definition) is 0. The van der Waals surface area contributed by atoms with Crippen molar-refractivity contribution in [3.8, 4) is 5.69 Å². The summed E-state index contributed by atoms with van der Waals surface area (Å²) >= 11 is 3.27. The van der Waals surface area contributed by atoms with Gasteiger partial charge < -0.3 is 0 Å². The number of alkyl halides is 4. The summed E-state index contributed by atoms with van der Waals surface area (Å²) in [6.07, 6.45) is -2.05. The van der Waals surface area contributed by atoms with Crippen LogP contribution < -0.4 is 0 Å². The lowest BCUT2D eigenvalue weighted by atomic mass is 10.1. The zero-order valence-corrected chi connectivity index (χ0v) is 11.7. The zero-order chi connectivity index (χ0) is 14.0. The predicted octanol–water partition coefficient (Wildman–Crippen LogP) is 3.53. The third-order valence-electron chi connectivity index (χ3n) is 2.68. The van der Waals surface area contributed by atoms with Gasteiger partial charge in [0, 0.05) is 11.8 Å². The maximum absolute atomic E-state index is 12.8. The van der Waals surface area contributed by atoms with Crippen molar-refractivity contribution in [2.75, 3.05) is 5.33 Å². The van der Waals surface area contributed by atoms with E-state index in [1.165, 1.54) is 17.7 Å². The molecule has 0 saturated carbocycles. The van der Waals surface area contributed by atoms with E-state index in [9.17, 15) is 13.2 Å². The van der Waals surface area contributed by atoms with Crippen LogP contribution >= 0.6 is 15.9 Å². The third kappa shape index (κ3) is 3.15. The van der Waals surface area contributed by atoms with Gasteiger partial charge in [0.05, 0.1) is 23.1 Å². The van der Waals surface area contributed by atoms with Gasteiger partial charge in [-0.1, -0.05) is 27.2 Å². The summed E-state index contributed by atoms with van der Waals surface area (Å²) in [7, 11) is 0. The van der Waals surface area contributed by atoms with E-state index in [4.69, 9.17) is 0 Å². The third-order valence-corrected chi connectivity index (χ3v) is 3.08. The van der Waals surface area contributed by atoms with Gasteiger partial charge in [-0.15, -0.1) is 5.10 Å². The first-order valence-corrected chi connectivity index (χ1v) is 6.69. The quantitative estimate of drug-likeness (QED) is 0.804. The van der Waals surface area contributed by atoms with Crippen LogP contribution in [0.1, 0.15) is 16.8 Å². The standard InChI is InChI=1S/C12H11BrF3N3/c1-8-2-3-10(6-11(8)12(14,15)16)19-7-9(4-5-13)17-18-19/h2-3,6-7H,4-5H2,1H3. The smallest absolute Gasteiger partial charge is 0.220 e. The van der Waals surface area contributed by atoms with E-state index in [2.05, 4.69) is 26.2 Å². The van der Waals surface area contributed by atoms with E-state index in [1.807, 2.05) is 0 Å². The second kappa shape index (κ2) is 5.32. The van der Waals surface area contributed by atoms with Crippen LogP contribution in [0.2, 0.25) is 0 Å². The van der Waals surface area contributed by atoms with Crippen molar-refractivity contribution in [3.05, 3.63) is 41.2 Å². The van der Waals surface area contributed by atoms with Crippen LogP contribution in [-0.2, 0) is 12.6 Å². The molecule has 19 heavy (non-hydrogen) atoms. The van der Waals surface area contributed by atoms with E-state index < -0.39 is 11.7 Å². The van der Waals surface area contributed by atoms with Crippen LogP contribution in [0.5, 0.6) is 0 Å². The Morgan fingerprint density at radius 3 is 2.68 bits per heavy atom. The fraction of sp³-hybridized carbons (Fsp3) is 0.333. The largest absolute Gasteiger partial charge is 0.416 e. The Labute approximate surface area is 116 Å². The number of aromatic nitrogens is 3. The van der Waals surface area contributed by atoms with Crippen molar-refractivity contribution in [2.24, 2.45) is 0 Å². The monoisotopic (exact) mass is 333 g/mol. The lowest BCUT2D eigenvalue weighted by Gasteiger charge is -2.11. The topological polar surface area (TPSA) is 30.7 Å². The van der Waals surface area contributed by atoms with E-state index in [-0.39, 0.29) is 5.56 Å². The molecule has 0 N–H and O–H groups in total. The van der Waals surface area contributed by atoms with Crippen LogP contribution in [0.4, 0.5) is 13.2 Å². The normalized spacial score (nSPS) is 11.8. The number of nitrogens with zero attached hydrogens (tertiary/aromatic N) is 3. The Morgan fingerprint density at radius 2 is 2.05 bits per heavy atom. The molecule has 2 rings (SSSR count). The minimum Gasteiger partial charge on any atom is -0.220 e. The Morgan fingerprint density at radius 1 is 1.32 bits per heavy atom. The van der Waals surface area contributed by atoms with Crippen LogP contribution in [-0.4, -0.2) is 20.3 Å². The number of hydrogen-bond acceptors (Lipinski definition) is 2. The highest BCUT2D eigenvalue weighted by Gasteiger charge is 2.32. The molecular weight excluding hydrogens is 323 g/mol. The minimum atomic E-state index is -4.36. The van der Waals surface area contributed by atoms with Gasteiger partial charge in [-0.3, -0.25) is 0 Å². The van der Waals surface area contributed by atoms with Gasteiger partial charge in [0.25, 0.3) is 0 Å². The molecule has 1 heterocycles. The molecular formula is C12H11BrF3N3. The van der Waals surface area contributed by atoms with Crippen molar-refractivity contribution in [2.45, 2.75) is 19.5 Å². The molecule has 0 bridgehead atoms. The fourth-order valence-corrected chi connectivity index (χ4v) is 2.10. The number of rotatable bonds is 3. The molecule has 102 valence electrons. The molecule has 3 nitrogen and oxygen atoms in total. The molecule has 0 aliphatic heterocycles. The summed E-state index contributed by atoms with van der Waals surface area (Å²) in [6, 6.07) is 4.11. The van der Waals surface area contributed by atoms with Gasteiger partial charge in [0.2, 0.25) is 0 Å². The molecule has 1 aromatic heterocycles. The van der Waals surface area contributed by atoms with E-state index in [1.54, 1.807) is 12.3 Å². The van der Waals surface area contributed by atoms with Gasteiger partial charge in [0.1, 0.15) is 0 Å². The lowest BCUT2D eigenvalue weighted by Crippen LogP contribution is -2.09. The van der Waals surface area contributed by atoms with Crippen LogP contribution in [0, 0.1) is 6.92 Å². The average molecular weight is 334 g/mol. The van der Waals surface area contributed by atoms with Crippen LogP contribution in [0.3, 0.4) is 0 Å². The second-order valence-electron chi connectivity index (χ2n) is 4.09. The van der Waals surface area contributed by atoms with Crippen molar-refractivity contribution in [1.82, 2.24) is 15.0 Å². The molecule has 0 unspecified atom stereocenters. The zero-order valence-electron chi connectivity index (χ0n) is 10.1. The first-order valence-electron chi connectivity index (χ1n) is 5.57. The molecule has 1 aromatic carbocycles. The first-order chi connectivity index (χ1) is 8.91. The second-order valence-corrected chi connectivity index (χ2v) is 4.88. The Hall–Kier alpha value is -1.37. The molecule has 0 atom stereocenters. The van der Waals surface area contributed by atoms with Crippen molar-refractivity contribution >= 4 is 15.9 Å². The lowest BCUT2D eigenvalue weighted by molar-refractivity contribution is -0.138. The molecule has 0 spiro atoms. The minimum absolute atomic E-state index is 0.192. The molecule has 0 amide bonds. The molecule has 2 aromatic rings. The van der Waals surface area contributed by atoms with Gasteiger partial charge >= 0.3 is 6.18 Å². The number of aryl methyl sites for hydroxylation is 2. The Balaban J connectivity index is 2.39. The number of halogens is 4. The van der Waals surface area contributed by atoms with Crippen LogP contribution in [0.25, 0.3) is 5.69 Å². The van der Waals surface area contributed by atoms with Crippen molar-refractivity contribution in [3.63, 3.8) is 0 Å². The van der Waals surface area contributed by atoms with Gasteiger partial charge in [-0.25, -0.2) is 4.68 Å². The maximum Gasteiger partial charge on any atom is 0.416 e. The highest BCUT2D eigenvalue weighted by Crippen LogP contribution is 2.32. The summed E-state index contributed by atoms with van der Waals surface area (Å²) in [5.41, 5.74) is 0.622. The molecule has 0 aliphatic rings. The maximum atomic E-state index is 12.8.